The molecule has 2 amide bonds. The molecule has 0 radical (unpaired) electrons. The maximum absolute atomic E-state index is 12.9. The zero-order valence-corrected chi connectivity index (χ0v) is 15.2. The van der Waals surface area contributed by atoms with E-state index in [2.05, 4.69) is 9.88 Å². The van der Waals surface area contributed by atoms with Crippen molar-refractivity contribution in [3.8, 4) is 0 Å². The van der Waals surface area contributed by atoms with E-state index in [4.69, 9.17) is 0 Å². The van der Waals surface area contributed by atoms with Crippen molar-refractivity contribution >= 4 is 17.6 Å². The van der Waals surface area contributed by atoms with E-state index in [0.717, 1.165) is 44.6 Å². The van der Waals surface area contributed by atoms with E-state index in [0.29, 0.717) is 13.1 Å². The number of amides is 2. The van der Waals surface area contributed by atoms with Crippen molar-refractivity contribution < 1.29 is 9.59 Å². The van der Waals surface area contributed by atoms with Crippen LogP contribution in [0.1, 0.15) is 32.6 Å². The van der Waals surface area contributed by atoms with Gasteiger partial charge in [-0.1, -0.05) is 6.07 Å². The largest absolute Gasteiger partial charge is 0.355 e. The number of nitrogens with zero attached hydrogens (tertiary/aromatic N) is 4. The van der Waals surface area contributed by atoms with Gasteiger partial charge in [0.2, 0.25) is 11.8 Å². The molecule has 25 heavy (non-hydrogen) atoms. The van der Waals surface area contributed by atoms with E-state index in [1.165, 1.54) is 0 Å². The minimum Gasteiger partial charge on any atom is -0.355 e. The smallest absolute Gasteiger partial charge is 0.225 e. The van der Waals surface area contributed by atoms with Gasteiger partial charge in [-0.25, -0.2) is 4.98 Å². The van der Waals surface area contributed by atoms with Crippen molar-refractivity contribution in [2.24, 2.45) is 5.92 Å². The van der Waals surface area contributed by atoms with Crippen molar-refractivity contribution in [1.82, 2.24) is 14.8 Å². The Balaban J connectivity index is 1.58. The number of likely N-dealkylation sites (N-methyl/N-ethyl adjacent to an activating group) is 1. The molecule has 1 aromatic rings. The summed E-state index contributed by atoms with van der Waals surface area (Å²) in [6, 6.07) is 6.19. The van der Waals surface area contributed by atoms with E-state index >= 15 is 0 Å². The summed E-state index contributed by atoms with van der Waals surface area (Å²) in [6.45, 7) is 4.83. The molecule has 1 atom stereocenters. The van der Waals surface area contributed by atoms with Crippen LogP contribution in [0, 0.1) is 5.92 Å². The SMILES string of the molecule is CC(=O)N1CCC(C(=O)N(C)[C@H]2CCCN(c3ccccn3)C2)CC1. The first-order chi connectivity index (χ1) is 12.1. The topological polar surface area (TPSA) is 56.8 Å². The molecule has 0 aliphatic carbocycles. The highest BCUT2D eigenvalue weighted by Gasteiger charge is 2.32. The van der Waals surface area contributed by atoms with Crippen LogP contribution in [0.15, 0.2) is 24.4 Å². The van der Waals surface area contributed by atoms with Gasteiger partial charge in [-0.15, -0.1) is 0 Å². The van der Waals surface area contributed by atoms with E-state index in [1.54, 1.807) is 6.92 Å². The number of hydrogen-bond acceptors (Lipinski definition) is 4. The summed E-state index contributed by atoms with van der Waals surface area (Å²) < 4.78 is 0. The molecule has 2 saturated heterocycles. The maximum atomic E-state index is 12.9. The number of piperidine rings is 2. The Bertz CT molecular complexity index is 599. The zero-order chi connectivity index (χ0) is 17.8. The molecular weight excluding hydrogens is 316 g/mol. The van der Waals surface area contributed by atoms with E-state index in [1.807, 2.05) is 41.2 Å². The number of rotatable bonds is 3. The van der Waals surface area contributed by atoms with Crippen LogP contribution in [-0.4, -0.2) is 65.9 Å². The van der Waals surface area contributed by atoms with Crippen molar-refractivity contribution in [3.63, 3.8) is 0 Å². The van der Waals surface area contributed by atoms with Crippen molar-refractivity contribution in [2.45, 2.75) is 38.6 Å². The molecule has 3 heterocycles. The third-order valence-corrected chi connectivity index (χ3v) is 5.55. The van der Waals surface area contributed by atoms with Crippen LogP contribution < -0.4 is 4.90 Å². The fourth-order valence-electron chi connectivity index (χ4n) is 3.93. The number of carbonyl (C=O) groups excluding carboxylic acids is 2. The predicted octanol–water partition coefficient (Wildman–Crippen LogP) is 1.77. The van der Waals surface area contributed by atoms with E-state index < -0.39 is 0 Å². The second-order valence-corrected chi connectivity index (χ2v) is 7.16. The average Bonchev–Trinajstić information content (AvgIpc) is 2.67. The molecule has 0 saturated carbocycles. The van der Waals surface area contributed by atoms with Crippen LogP contribution in [0.4, 0.5) is 5.82 Å². The number of pyridine rings is 1. The normalized spacial score (nSPS) is 21.9. The van der Waals surface area contributed by atoms with Crippen molar-refractivity contribution in [1.29, 1.82) is 0 Å². The van der Waals surface area contributed by atoms with Gasteiger partial charge >= 0.3 is 0 Å². The summed E-state index contributed by atoms with van der Waals surface area (Å²) >= 11 is 0. The summed E-state index contributed by atoms with van der Waals surface area (Å²) in [5.74, 6) is 1.38. The van der Waals surface area contributed by atoms with Crippen LogP contribution in [0.5, 0.6) is 0 Å². The van der Waals surface area contributed by atoms with Crippen LogP contribution in [0.25, 0.3) is 0 Å². The Morgan fingerprint density at radius 1 is 1.16 bits per heavy atom. The lowest BCUT2D eigenvalue weighted by molar-refractivity contribution is -0.140. The second-order valence-electron chi connectivity index (χ2n) is 7.16. The highest BCUT2D eigenvalue weighted by molar-refractivity contribution is 5.80. The van der Waals surface area contributed by atoms with Crippen LogP contribution in [-0.2, 0) is 9.59 Å². The van der Waals surface area contributed by atoms with Gasteiger partial charge in [-0.3, -0.25) is 9.59 Å². The van der Waals surface area contributed by atoms with Gasteiger partial charge in [-0.2, -0.15) is 0 Å². The molecule has 136 valence electrons. The van der Waals surface area contributed by atoms with Gasteiger partial charge < -0.3 is 14.7 Å². The van der Waals surface area contributed by atoms with Crippen molar-refractivity contribution in [2.75, 3.05) is 38.1 Å². The second kappa shape index (κ2) is 7.85. The molecule has 0 spiro atoms. The van der Waals surface area contributed by atoms with Gasteiger partial charge in [0.15, 0.2) is 0 Å². The molecule has 0 unspecified atom stereocenters. The number of likely N-dealkylation sites (tertiary alicyclic amines) is 1. The minimum absolute atomic E-state index is 0.0471. The molecule has 0 bridgehead atoms. The lowest BCUT2D eigenvalue weighted by Gasteiger charge is -2.40. The molecule has 2 aliphatic rings. The third kappa shape index (κ3) is 4.11. The third-order valence-electron chi connectivity index (χ3n) is 5.55. The Labute approximate surface area is 149 Å². The molecule has 2 fully saturated rings. The molecular formula is C19H28N4O2. The molecule has 6 heteroatoms. The quantitative estimate of drug-likeness (QED) is 0.838. The fourth-order valence-corrected chi connectivity index (χ4v) is 3.93. The van der Waals surface area contributed by atoms with E-state index in [9.17, 15) is 9.59 Å². The Morgan fingerprint density at radius 3 is 2.56 bits per heavy atom. The minimum atomic E-state index is 0.0471. The maximum Gasteiger partial charge on any atom is 0.225 e. The zero-order valence-electron chi connectivity index (χ0n) is 15.2. The van der Waals surface area contributed by atoms with E-state index in [-0.39, 0.29) is 23.8 Å². The van der Waals surface area contributed by atoms with Gasteiger partial charge in [0, 0.05) is 58.3 Å². The molecule has 0 aromatic carbocycles. The molecule has 0 N–H and O–H groups in total. The lowest BCUT2D eigenvalue weighted by atomic mass is 9.94. The van der Waals surface area contributed by atoms with Gasteiger partial charge in [-0.05, 0) is 37.8 Å². The Morgan fingerprint density at radius 2 is 1.92 bits per heavy atom. The summed E-state index contributed by atoms with van der Waals surface area (Å²) in [4.78, 5) is 34.9. The number of aromatic nitrogens is 1. The predicted molar refractivity (Wildman–Crippen MR) is 97.2 cm³/mol. The molecule has 6 nitrogen and oxygen atoms in total. The van der Waals surface area contributed by atoms with Gasteiger partial charge in [0.25, 0.3) is 0 Å². The summed E-state index contributed by atoms with van der Waals surface area (Å²) in [7, 11) is 1.94. The monoisotopic (exact) mass is 344 g/mol. The summed E-state index contributed by atoms with van der Waals surface area (Å²) in [5, 5.41) is 0. The molecule has 1 aromatic heterocycles. The Hall–Kier alpha value is -2.11. The highest BCUT2D eigenvalue weighted by atomic mass is 16.2. The van der Waals surface area contributed by atoms with Crippen LogP contribution in [0.2, 0.25) is 0 Å². The average molecular weight is 344 g/mol. The lowest BCUT2D eigenvalue weighted by Crippen LogP contribution is -2.51. The summed E-state index contributed by atoms with van der Waals surface area (Å²) in [5.41, 5.74) is 0. The van der Waals surface area contributed by atoms with Crippen molar-refractivity contribution in [3.05, 3.63) is 24.4 Å². The molecule has 2 aliphatic heterocycles. The first kappa shape index (κ1) is 17.7. The standard InChI is InChI=1S/C19H28N4O2/c1-15(24)22-12-8-16(9-13-22)19(25)21(2)17-6-5-11-23(14-17)18-7-3-4-10-20-18/h3-4,7,10,16-17H,5-6,8-9,11-14H2,1-2H3/t17-/m0/s1. The van der Waals surface area contributed by atoms with Crippen LogP contribution in [0.3, 0.4) is 0 Å². The van der Waals surface area contributed by atoms with Gasteiger partial charge in [0.05, 0.1) is 0 Å². The number of carbonyl (C=O) groups is 2. The van der Waals surface area contributed by atoms with Gasteiger partial charge in [0.1, 0.15) is 5.82 Å². The summed E-state index contributed by atoms with van der Waals surface area (Å²) in [6.07, 6.45) is 5.48. The fraction of sp³-hybridized carbons (Fsp3) is 0.632. The molecule has 3 rings (SSSR count). The number of hydrogen-bond donors (Lipinski definition) is 0. The number of anilines is 1. The Kier molecular flexibility index (Phi) is 5.56. The first-order valence-electron chi connectivity index (χ1n) is 9.24. The van der Waals surface area contributed by atoms with Crippen LogP contribution >= 0.6 is 0 Å². The highest BCUT2D eigenvalue weighted by Crippen LogP contribution is 2.24. The first-order valence-corrected chi connectivity index (χ1v) is 9.24.